The molecule has 0 unspecified atom stereocenters. The molecule has 1 nitrogen and oxygen atoms in total. The summed E-state index contributed by atoms with van der Waals surface area (Å²) < 4.78 is 0. The molecule has 0 aliphatic rings. The lowest BCUT2D eigenvalue weighted by molar-refractivity contribution is 0.527. The Morgan fingerprint density at radius 3 is 0.884 bits per heavy atom. The van der Waals surface area contributed by atoms with Gasteiger partial charge >= 0.3 is 0 Å². The summed E-state index contributed by atoms with van der Waals surface area (Å²) in [6.45, 7) is 4.61. The largest absolute Gasteiger partial charge is 0.261 e. The predicted molar refractivity (Wildman–Crippen MR) is 195 cm³/mol. The first-order valence-corrected chi connectivity index (χ1v) is 20.3. The second-order valence-electron chi connectivity index (χ2n) is 14.1. The van der Waals surface area contributed by atoms with Crippen LogP contribution in [0.4, 0.5) is 0 Å². The topological polar surface area (TPSA) is 12.9 Å². The van der Waals surface area contributed by atoms with Crippen LogP contribution in [0, 0.1) is 0 Å². The normalized spacial score (nSPS) is 11.5. The molecule has 0 aliphatic heterocycles. The van der Waals surface area contributed by atoms with Crippen molar-refractivity contribution in [3.05, 3.63) is 29.6 Å². The van der Waals surface area contributed by atoms with Crippen LogP contribution in [-0.2, 0) is 12.8 Å². The van der Waals surface area contributed by atoms with Gasteiger partial charge in [0.05, 0.1) is 0 Å². The van der Waals surface area contributed by atoms with Gasteiger partial charge in [0, 0.05) is 11.9 Å². The van der Waals surface area contributed by atoms with Crippen LogP contribution >= 0.6 is 0 Å². The number of nitrogens with zero attached hydrogens (tertiary/aromatic N) is 1. The number of hydrogen-bond acceptors (Lipinski definition) is 1. The Morgan fingerprint density at radius 1 is 0.326 bits per heavy atom. The molecule has 0 saturated heterocycles. The first-order chi connectivity index (χ1) is 21.4. The minimum atomic E-state index is 1.16. The van der Waals surface area contributed by atoms with Crippen LogP contribution in [-0.4, -0.2) is 4.98 Å². The summed E-state index contributed by atoms with van der Waals surface area (Å²) in [6.07, 6.45) is 52.1. The highest BCUT2D eigenvalue weighted by atomic mass is 14.7. The van der Waals surface area contributed by atoms with Crippen molar-refractivity contribution >= 4 is 0 Å². The Labute approximate surface area is 272 Å². The van der Waals surface area contributed by atoms with Gasteiger partial charge in [-0.15, -0.1) is 0 Å². The monoisotopic (exact) mass is 598 g/mol. The summed E-state index contributed by atoms with van der Waals surface area (Å²) in [6, 6.07) is 4.65. The van der Waals surface area contributed by atoms with E-state index in [1.54, 1.807) is 0 Å². The highest BCUT2D eigenvalue weighted by molar-refractivity contribution is 5.14. The van der Waals surface area contributed by atoms with Crippen molar-refractivity contribution in [1.82, 2.24) is 4.98 Å². The fourth-order valence-corrected chi connectivity index (χ4v) is 6.66. The third-order valence-electron chi connectivity index (χ3n) is 9.74. The smallest absolute Gasteiger partial charge is 0.0403 e. The Hall–Kier alpha value is -0.850. The quantitative estimate of drug-likeness (QED) is 0.0709. The molecule has 0 N–H and O–H groups in total. The number of aromatic nitrogens is 1. The van der Waals surface area contributed by atoms with Crippen molar-refractivity contribution in [2.75, 3.05) is 0 Å². The standard InChI is InChI=1S/C42H79N/c1-3-5-7-9-11-13-15-17-19-21-23-25-27-29-31-33-35-37-42-39-38-41(40-43-42)36-34-32-30-28-26-24-22-20-18-16-14-12-10-8-6-4-2/h38-40H,3-37H2,1-2H3. The van der Waals surface area contributed by atoms with Crippen molar-refractivity contribution in [2.24, 2.45) is 0 Å². The van der Waals surface area contributed by atoms with Gasteiger partial charge in [-0.25, -0.2) is 0 Å². The van der Waals surface area contributed by atoms with Gasteiger partial charge in [-0.1, -0.05) is 219 Å². The van der Waals surface area contributed by atoms with Gasteiger partial charge in [0.15, 0.2) is 0 Å². The molecule has 0 spiro atoms. The van der Waals surface area contributed by atoms with E-state index < -0.39 is 0 Å². The second-order valence-corrected chi connectivity index (χ2v) is 14.1. The van der Waals surface area contributed by atoms with Crippen LogP contribution in [0.1, 0.15) is 237 Å². The zero-order valence-electron chi connectivity index (χ0n) is 29.9. The van der Waals surface area contributed by atoms with Crippen molar-refractivity contribution in [3.63, 3.8) is 0 Å². The van der Waals surface area contributed by atoms with E-state index in [2.05, 4.69) is 32.2 Å². The van der Waals surface area contributed by atoms with Gasteiger partial charge < -0.3 is 0 Å². The van der Waals surface area contributed by atoms with Crippen LogP contribution in [0.2, 0.25) is 0 Å². The Bertz CT molecular complexity index is 635. The summed E-state index contributed by atoms with van der Waals surface area (Å²) in [5, 5.41) is 0. The molecule has 0 bridgehead atoms. The lowest BCUT2D eigenvalue weighted by Gasteiger charge is -2.05. The van der Waals surface area contributed by atoms with E-state index in [1.807, 2.05) is 0 Å². The van der Waals surface area contributed by atoms with Crippen molar-refractivity contribution < 1.29 is 0 Å². The Kier molecular flexibility index (Phi) is 31.8. The van der Waals surface area contributed by atoms with Crippen LogP contribution < -0.4 is 0 Å². The average Bonchev–Trinajstić information content (AvgIpc) is 3.03. The summed E-state index contributed by atoms with van der Waals surface area (Å²) >= 11 is 0. The predicted octanol–water partition coefficient (Wildman–Crippen LogP) is 15.1. The third kappa shape index (κ3) is 29.6. The summed E-state index contributed by atoms with van der Waals surface area (Å²) in [5.41, 5.74) is 2.74. The summed E-state index contributed by atoms with van der Waals surface area (Å²) in [7, 11) is 0. The minimum absolute atomic E-state index is 1.16. The third-order valence-corrected chi connectivity index (χ3v) is 9.74. The average molecular weight is 598 g/mol. The van der Waals surface area contributed by atoms with Gasteiger partial charge in [0.1, 0.15) is 0 Å². The van der Waals surface area contributed by atoms with E-state index in [9.17, 15) is 0 Å². The van der Waals surface area contributed by atoms with Crippen molar-refractivity contribution in [2.45, 2.75) is 239 Å². The lowest BCUT2D eigenvalue weighted by atomic mass is 10.0. The van der Waals surface area contributed by atoms with Gasteiger partial charge in [-0.05, 0) is 37.3 Å². The minimum Gasteiger partial charge on any atom is -0.261 e. The molecule has 252 valence electrons. The fraction of sp³-hybridized carbons (Fsp3) is 0.881. The van der Waals surface area contributed by atoms with E-state index in [4.69, 9.17) is 4.98 Å². The number of unbranched alkanes of at least 4 members (excludes halogenated alkanes) is 31. The Balaban J connectivity index is 1.80. The van der Waals surface area contributed by atoms with Gasteiger partial charge in [-0.3, -0.25) is 4.98 Å². The molecule has 0 saturated carbocycles. The number of aryl methyl sites for hydroxylation is 2. The first-order valence-electron chi connectivity index (χ1n) is 20.3. The van der Waals surface area contributed by atoms with Gasteiger partial charge in [-0.2, -0.15) is 0 Å². The number of rotatable bonds is 35. The molecule has 1 heteroatoms. The molecular weight excluding hydrogens is 518 g/mol. The van der Waals surface area contributed by atoms with E-state index in [0.717, 1.165) is 6.42 Å². The SMILES string of the molecule is CCCCCCCCCCCCCCCCCCCc1ccc(CCCCCCCCCCCCCCCCCC)cn1. The molecule has 1 aromatic rings. The highest BCUT2D eigenvalue weighted by Gasteiger charge is 2.00. The summed E-state index contributed by atoms with van der Waals surface area (Å²) in [4.78, 5) is 4.78. The summed E-state index contributed by atoms with van der Waals surface area (Å²) in [5.74, 6) is 0. The molecule has 1 rings (SSSR count). The zero-order chi connectivity index (χ0) is 30.7. The van der Waals surface area contributed by atoms with Crippen molar-refractivity contribution in [1.29, 1.82) is 0 Å². The number of hydrogen-bond donors (Lipinski definition) is 0. The van der Waals surface area contributed by atoms with E-state index in [1.165, 1.54) is 230 Å². The van der Waals surface area contributed by atoms with E-state index >= 15 is 0 Å². The molecular formula is C42H79N. The first kappa shape index (κ1) is 40.2. The molecule has 0 aliphatic carbocycles. The maximum Gasteiger partial charge on any atom is 0.0403 e. The van der Waals surface area contributed by atoms with Crippen LogP contribution in [0.15, 0.2) is 18.3 Å². The van der Waals surface area contributed by atoms with Gasteiger partial charge in [0.2, 0.25) is 0 Å². The molecule has 0 aromatic carbocycles. The van der Waals surface area contributed by atoms with Crippen molar-refractivity contribution in [3.8, 4) is 0 Å². The molecule has 0 atom stereocenters. The lowest BCUT2D eigenvalue weighted by Crippen LogP contribution is -1.93. The highest BCUT2D eigenvalue weighted by Crippen LogP contribution is 2.16. The molecule has 0 fully saturated rings. The molecule has 0 radical (unpaired) electrons. The maximum atomic E-state index is 4.78. The number of pyridine rings is 1. The molecule has 43 heavy (non-hydrogen) atoms. The molecule has 1 heterocycles. The van der Waals surface area contributed by atoms with Crippen LogP contribution in [0.3, 0.4) is 0 Å². The maximum absolute atomic E-state index is 4.78. The Morgan fingerprint density at radius 2 is 0.605 bits per heavy atom. The fourth-order valence-electron chi connectivity index (χ4n) is 6.66. The van der Waals surface area contributed by atoms with E-state index in [0.29, 0.717) is 0 Å². The molecule has 1 aromatic heterocycles. The molecule has 0 amide bonds. The van der Waals surface area contributed by atoms with Gasteiger partial charge in [0.25, 0.3) is 0 Å². The zero-order valence-corrected chi connectivity index (χ0v) is 29.9. The van der Waals surface area contributed by atoms with Crippen LogP contribution in [0.25, 0.3) is 0 Å². The second kappa shape index (κ2) is 34.0. The van der Waals surface area contributed by atoms with Crippen LogP contribution in [0.5, 0.6) is 0 Å². The van der Waals surface area contributed by atoms with E-state index in [-0.39, 0.29) is 0 Å².